The third-order valence-corrected chi connectivity index (χ3v) is 3.12. The smallest absolute Gasteiger partial charge is 0.325 e. The second-order valence-electron chi connectivity index (χ2n) is 4.97. The predicted octanol–water partition coefficient (Wildman–Crippen LogP) is 1.50. The highest BCUT2D eigenvalue weighted by Crippen LogP contribution is 2.22. The zero-order valence-corrected chi connectivity index (χ0v) is 12.1. The average Bonchev–Trinajstić information content (AvgIpc) is 2.45. The summed E-state index contributed by atoms with van der Waals surface area (Å²) in [7, 11) is 3.66. The van der Waals surface area contributed by atoms with E-state index in [4.69, 9.17) is 5.11 Å². The zero-order valence-electron chi connectivity index (χ0n) is 12.1. The van der Waals surface area contributed by atoms with Gasteiger partial charge in [0.25, 0.3) is 5.91 Å². The van der Waals surface area contributed by atoms with Crippen LogP contribution in [-0.4, -0.2) is 42.1 Å². The number of carboxylic acid groups (broad SMARTS) is 1. The monoisotopic (exact) mass is 287 g/mol. The molecule has 1 amide bonds. The molecule has 2 N–H and O–H groups in total. The minimum Gasteiger partial charge on any atom is -0.480 e. The van der Waals surface area contributed by atoms with Crippen molar-refractivity contribution in [3.05, 3.63) is 35.9 Å². The van der Waals surface area contributed by atoms with E-state index in [-0.39, 0.29) is 0 Å². The first kappa shape index (κ1) is 14.8. The summed E-state index contributed by atoms with van der Waals surface area (Å²) in [6.45, 7) is 1.43. The van der Waals surface area contributed by atoms with Crippen molar-refractivity contribution in [3.63, 3.8) is 0 Å². The molecular formula is C15H17N3O3. The number of aromatic nitrogens is 1. The Bertz CT molecular complexity index is 698. The van der Waals surface area contributed by atoms with Crippen molar-refractivity contribution in [3.8, 4) is 0 Å². The molecular weight excluding hydrogens is 270 g/mol. The molecule has 1 aromatic heterocycles. The number of carbonyl (C=O) groups excluding carboxylic acids is 1. The molecule has 110 valence electrons. The molecule has 2 rings (SSSR count). The number of fused-ring (bicyclic) bond motifs is 1. The van der Waals surface area contributed by atoms with Crippen molar-refractivity contribution in [1.82, 2.24) is 10.3 Å². The Hall–Kier alpha value is -2.63. The van der Waals surface area contributed by atoms with Crippen molar-refractivity contribution in [1.29, 1.82) is 0 Å². The number of benzene rings is 1. The Balaban J connectivity index is 2.50. The second-order valence-corrected chi connectivity index (χ2v) is 4.97. The van der Waals surface area contributed by atoms with Crippen LogP contribution in [0.3, 0.4) is 0 Å². The van der Waals surface area contributed by atoms with E-state index >= 15 is 0 Å². The fourth-order valence-corrected chi connectivity index (χ4v) is 1.91. The molecule has 0 spiro atoms. The molecule has 1 heterocycles. The summed E-state index contributed by atoms with van der Waals surface area (Å²) in [5.74, 6) is -0.858. The highest BCUT2D eigenvalue weighted by atomic mass is 16.4. The zero-order chi connectivity index (χ0) is 15.6. The summed E-state index contributed by atoms with van der Waals surface area (Å²) in [5.41, 5.74) is 1.11. The van der Waals surface area contributed by atoms with Crippen molar-refractivity contribution < 1.29 is 14.7 Å². The summed E-state index contributed by atoms with van der Waals surface area (Å²) in [4.78, 5) is 29.5. The predicted molar refractivity (Wildman–Crippen MR) is 80.6 cm³/mol. The Morgan fingerprint density at radius 1 is 1.29 bits per heavy atom. The van der Waals surface area contributed by atoms with Crippen LogP contribution in [0.2, 0.25) is 0 Å². The van der Waals surface area contributed by atoms with Crippen molar-refractivity contribution in [2.24, 2.45) is 0 Å². The van der Waals surface area contributed by atoms with Gasteiger partial charge in [0.05, 0.1) is 11.1 Å². The Morgan fingerprint density at radius 3 is 2.57 bits per heavy atom. The number of rotatable bonds is 4. The Morgan fingerprint density at radius 2 is 1.95 bits per heavy atom. The number of hydrogen-bond donors (Lipinski definition) is 2. The molecule has 0 radical (unpaired) electrons. The minimum absolute atomic E-state index is 0.414. The fourth-order valence-electron chi connectivity index (χ4n) is 1.91. The van der Waals surface area contributed by atoms with Gasteiger partial charge in [0.1, 0.15) is 11.9 Å². The lowest BCUT2D eigenvalue weighted by atomic mass is 10.1. The normalized spacial score (nSPS) is 12.0. The summed E-state index contributed by atoms with van der Waals surface area (Å²) in [6, 6.07) is 7.98. The van der Waals surface area contributed by atoms with E-state index in [1.165, 1.54) is 6.92 Å². The van der Waals surface area contributed by atoms with Crippen molar-refractivity contribution in [2.45, 2.75) is 13.0 Å². The van der Waals surface area contributed by atoms with Gasteiger partial charge in [0.2, 0.25) is 0 Å². The number of pyridine rings is 1. The highest BCUT2D eigenvalue weighted by molar-refractivity contribution is 6.07. The second kappa shape index (κ2) is 5.78. The highest BCUT2D eigenvalue weighted by Gasteiger charge is 2.18. The number of hydrogen-bond acceptors (Lipinski definition) is 4. The van der Waals surface area contributed by atoms with Gasteiger partial charge in [-0.1, -0.05) is 18.2 Å². The molecule has 2 aromatic rings. The largest absolute Gasteiger partial charge is 0.480 e. The standard InChI is InChI=1S/C15H17N3O3/c1-9(15(20)21)16-14(19)11-8-13(18(2)3)17-12-7-5-4-6-10(11)12/h4-9H,1-3H3,(H,16,19)(H,20,21)/t9-/m0/s1. The molecule has 0 unspecified atom stereocenters. The number of para-hydroxylation sites is 1. The van der Waals surface area contributed by atoms with Crippen LogP contribution in [0.5, 0.6) is 0 Å². The first-order valence-corrected chi connectivity index (χ1v) is 6.51. The first-order valence-electron chi connectivity index (χ1n) is 6.51. The fraction of sp³-hybridized carbons (Fsp3) is 0.267. The number of anilines is 1. The van der Waals surface area contributed by atoms with E-state index in [9.17, 15) is 9.59 Å². The molecule has 0 saturated heterocycles. The third-order valence-electron chi connectivity index (χ3n) is 3.12. The van der Waals surface area contributed by atoms with Crippen LogP contribution in [0.15, 0.2) is 30.3 Å². The van der Waals surface area contributed by atoms with E-state index < -0.39 is 17.9 Å². The Kier molecular flexibility index (Phi) is 4.07. The van der Waals surface area contributed by atoms with Gasteiger partial charge in [-0.2, -0.15) is 0 Å². The first-order chi connectivity index (χ1) is 9.90. The van der Waals surface area contributed by atoms with Crippen LogP contribution < -0.4 is 10.2 Å². The van der Waals surface area contributed by atoms with E-state index in [0.29, 0.717) is 22.3 Å². The molecule has 0 bridgehead atoms. The number of nitrogens with zero attached hydrogens (tertiary/aromatic N) is 2. The topological polar surface area (TPSA) is 82.5 Å². The van der Waals surface area contributed by atoms with Crippen molar-refractivity contribution >= 4 is 28.6 Å². The Labute approximate surface area is 122 Å². The molecule has 0 aliphatic rings. The number of aliphatic carboxylic acids is 1. The van der Waals surface area contributed by atoms with Crippen LogP contribution in [0.4, 0.5) is 5.82 Å². The van der Waals surface area contributed by atoms with E-state index in [2.05, 4.69) is 10.3 Å². The summed E-state index contributed by atoms with van der Waals surface area (Å²) >= 11 is 0. The lowest BCUT2D eigenvalue weighted by molar-refractivity contribution is -0.138. The molecule has 21 heavy (non-hydrogen) atoms. The minimum atomic E-state index is -1.07. The van der Waals surface area contributed by atoms with Crippen LogP contribution in [-0.2, 0) is 4.79 Å². The van der Waals surface area contributed by atoms with Crippen LogP contribution in [0.25, 0.3) is 10.9 Å². The van der Waals surface area contributed by atoms with Gasteiger partial charge in [-0.05, 0) is 19.1 Å². The van der Waals surface area contributed by atoms with Gasteiger partial charge in [-0.25, -0.2) is 4.98 Å². The van der Waals surface area contributed by atoms with Gasteiger partial charge < -0.3 is 15.3 Å². The van der Waals surface area contributed by atoms with E-state index in [0.717, 1.165) is 0 Å². The SMILES string of the molecule is C[C@H](NC(=O)c1cc(N(C)C)nc2ccccc12)C(=O)O. The van der Waals surface area contributed by atoms with E-state index in [1.54, 1.807) is 17.0 Å². The molecule has 0 aliphatic carbocycles. The lowest BCUT2D eigenvalue weighted by Crippen LogP contribution is -2.38. The van der Waals surface area contributed by atoms with Gasteiger partial charge in [-0.3, -0.25) is 9.59 Å². The van der Waals surface area contributed by atoms with Crippen LogP contribution in [0.1, 0.15) is 17.3 Å². The van der Waals surface area contributed by atoms with Crippen LogP contribution >= 0.6 is 0 Å². The number of amides is 1. The third kappa shape index (κ3) is 3.10. The summed E-state index contributed by atoms with van der Waals surface area (Å²) < 4.78 is 0. The maximum Gasteiger partial charge on any atom is 0.325 e. The van der Waals surface area contributed by atoms with Gasteiger partial charge in [0, 0.05) is 19.5 Å². The maximum absolute atomic E-state index is 12.3. The lowest BCUT2D eigenvalue weighted by Gasteiger charge is -2.16. The van der Waals surface area contributed by atoms with Crippen molar-refractivity contribution in [2.75, 3.05) is 19.0 Å². The van der Waals surface area contributed by atoms with E-state index in [1.807, 2.05) is 32.3 Å². The molecule has 0 fully saturated rings. The number of carbonyl (C=O) groups is 2. The van der Waals surface area contributed by atoms with Gasteiger partial charge >= 0.3 is 5.97 Å². The number of carboxylic acids is 1. The quantitative estimate of drug-likeness (QED) is 0.890. The van der Waals surface area contributed by atoms with Gasteiger partial charge in [-0.15, -0.1) is 0 Å². The summed E-state index contributed by atoms with van der Waals surface area (Å²) in [5, 5.41) is 12.1. The molecule has 6 nitrogen and oxygen atoms in total. The molecule has 6 heteroatoms. The van der Waals surface area contributed by atoms with Gasteiger partial charge in [0.15, 0.2) is 0 Å². The molecule has 0 saturated carbocycles. The number of nitrogens with one attached hydrogen (secondary N) is 1. The maximum atomic E-state index is 12.3. The molecule has 1 aromatic carbocycles. The molecule has 1 atom stereocenters. The average molecular weight is 287 g/mol. The molecule has 0 aliphatic heterocycles. The summed E-state index contributed by atoms with van der Waals surface area (Å²) in [6.07, 6.45) is 0. The van der Waals surface area contributed by atoms with Crippen LogP contribution in [0, 0.1) is 0 Å².